The monoisotopic (exact) mass is 415 g/mol. The van der Waals surface area contributed by atoms with Gasteiger partial charge in [0.05, 0.1) is 12.8 Å². The molecule has 1 amide bonds. The molecule has 0 atom stereocenters. The average molecular weight is 416 g/mol. The maximum Gasteiger partial charge on any atom is 0.227 e. The first-order valence-corrected chi connectivity index (χ1v) is 10.2. The number of hydrogen-bond acceptors (Lipinski definition) is 4. The maximum absolute atomic E-state index is 12.5. The van der Waals surface area contributed by atoms with Crippen molar-refractivity contribution in [3.63, 3.8) is 0 Å². The molecule has 2 aliphatic heterocycles. The predicted octanol–water partition coefficient (Wildman–Crippen LogP) is 3.61. The Morgan fingerprint density at radius 3 is 2.38 bits per heavy atom. The second kappa shape index (κ2) is 9.99. The Kier molecular flexibility index (Phi) is 7.40. The minimum absolute atomic E-state index is 0. The molecule has 0 N–H and O–H groups in total. The van der Waals surface area contributed by atoms with E-state index in [1.165, 1.54) is 11.3 Å². The van der Waals surface area contributed by atoms with Crippen LogP contribution >= 0.6 is 12.4 Å². The fraction of sp³-hybridized carbons (Fsp3) is 0.435. The summed E-state index contributed by atoms with van der Waals surface area (Å²) in [5.41, 5.74) is 3.51. The topological polar surface area (TPSA) is 36.0 Å². The summed E-state index contributed by atoms with van der Waals surface area (Å²) in [4.78, 5) is 19.4. The zero-order valence-corrected chi connectivity index (χ0v) is 17.9. The van der Waals surface area contributed by atoms with Crippen molar-refractivity contribution < 1.29 is 9.53 Å². The van der Waals surface area contributed by atoms with E-state index >= 15 is 0 Å². The van der Waals surface area contributed by atoms with E-state index in [1.807, 2.05) is 23.1 Å². The summed E-state index contributed by atoms with van der Waals surface area (Å²) in [6, 6.07) is 16.6. The van der Waals surface area contributed by atoms with Gasteiger partial charge in [-0.3, -0.25) is 9.69 Å². The Hall–Kier alpha value is -2.24. The molecular formula is C23H30ClN3O2. The van der Waals surface area contributed by atoms with Gasteiger partial charge in [-0.15, -0.1) is 12.4 Å². The van der Waals surface area contributed by atoms with Crippen molar-refractivity contribution in [3.8, 4) is 5.75 Å². The summed E-state index contributed by atoms with van der Waals surface area (Å²) in [7, 11) is 1.70. The molecule has 0 aliphatic carbocycles. The van der Waals surface area contributed by atoms with Crippen LogP contribution in [0, 0.1) is 0 Å². The molecule has 2 aliphatic rings. The van der Waals surface area contributed by atoms with E-state index in [4.69, 9.17) is 4.74 Å². The number of para-hydroxylation sites is 1. The molecule has 0 radical (unpaired) electrons. The molecule has 1 saturated heterocycles. The van der Waals surface area contributed by atoms with Gasteiger partial charge in [0.2, 0.25) is 5.91 Å². The normalized spacial score (nSPS) is 16.9. The van der Waals surface area contributed by atoms with Gasteiger partial charge in [0.15, 0.2) is 0 Å². The van der Waals surface area contributed by atoms with Crippen LogP contribution < -0.4 is 14.5 Å². The van der Waals surface area contributed by atoms with Crippen LogP contribution in [0.3, 0.4) is 0 Å². The quantitative estimate of drug-likeness (QED) is 0.722. The smallest absolute Gasteiger partial charge is 0.227 e. The van der Waals surface area contributed by atoms with Gasteiger partial charge in [-0.2, -0.15) is 0 Å². The molecule has 0 spiro atoms. The largest absolute Gasteiger partial charge is 0.496 e. The Bertz CT molecular complexity index is 807. The number of fused-ring (bicyclic) bond motifs is 1. The number of methoxy groups -OCH3 is 1. The van der Waals surface area contributed by atoms with Gasteiger partial charge in [-0.1, -0.05) is 24.3 Å². The van der Waals surface area contributed by atoms with E-state index in [2.05, 4.69) is 40.1 Å². The lowest BCUT2D eigenvalue weighted by molar-refractivity contribution is -0.118. The molecular weight excluding hydrogens is 386 g/mol. The molecule has 2 aromatic carbocycles. The fourth-order valence-corrected chi connectivity index (χ4v) is 4.32. The van der Waals surface area contributed by atoms with Crippen LogP contribution in [0.25, 0.3) is 0 Å². The van der Waals surface area contributed by atoms with E-state index in [1.54, 1.807) is 7.11 Å². The minimum Gasteiger partial charge on any atom is -0.496 e. The van der Waals surface area contributed by atoms with E-state index in [0.29, 0.717) is 6.42 Å². The average Bonchev–Trinajstić information content (AvgIpc) is 2.76. The number of benzene rings is 2. The lowest BCUT2D eigenvalue weighted by Crippen LogP contribution is -2.47. The van der Waals surface area contributed by atoms with Gasteiger partial charge >= 0.3 is 0 Å². The van der Waals surface area contributed by atoms with Crippen molar-refractivity contribution in [1.29, 1.82) is 0 Å². The predicted molar refractivity (Wildman–Crippen MR) is 121 cm³/mol. The minimum atomic E-state index is 0. The first-order chi connectivity index (χ1) is 13.8. The molecule has 0 saturated carbocycles. The molecule has 5 nitrogen and oxygen atoms in total. The zero-order chi connectivity index (χ0) is 19.3. The number of hydrogen-bond donors (Lipinski definition) is 0. The Morgan fingerprint density at radius 1 is 0.897 bits per heavy atom. The zero-order valence-electron chi connectivity index (χ0n) is 17.0. The van der Waals surface area contributed by atoms with E-state index in [9.17, 15) is 4.79 Å². The van der Waals surface area contributed by atoms with Crippen LogP contribution in [0.2, 0.25) is 0 Å². The summed E-state index contributed by atoms with van der Waals surface area (Å²) >= 11 is 0. The molecule has 2 heterocycles. The molecule has 0 bridgehead atoms. The molecule has 6 heteroatoms. The van der Waals surface area contributed by atoms with Crippen molar-refractivity contribution in [2.24, 2.45) is 0 Å². The van der Waals surface area contributed by atoms with Crippen molar-refractivity contribution >= 4 is 29.7 Å². The molecule has 2 aromatic rings. The third kappa shape index (κ3) is 4.85. The summed E-state index contributed by atoms with van der Waals surface area (Å²) in [6.07, 6.45) is 2.34. The molecule has 1 fully saturated rings. The van der Waals surface area contributed by atoms with Crippen LogP contribution in [0.1, 0.15) is 18.4 Å². The van der Waals surface area contributed by atoms with Gasteiger partial charge in [-0.25, -0.2) is 0 Å². The second-order valence-corrected chi connectivity index (χ2v) is 7.52. The van der Waals surface area contributed by atoms with E-state index in [-0.39, 0.29) is 18.3 Å². The number of piperazine rings is 1. The molecule has 0 aromatic heterocycles. The molecule has 0 unspecified atom stereocenters. The van der Waals surface area contributed by atoms with Gasteiger partial charge in [0, 0.05) is 50.4 Å². The van der Waals surface area contributed by atoms with Gasteiger partial charge in [0.1, 0.15) is 5.75 Å². The first-order valence-electron chi connectivity index (χ1n) is 10.2. The van der Waals surface area contributed by atoms with Crippen LogP contribution in [0.15, 0.2) is 48.5 Å². The summed E-state index contributed by atoms with van der Waals surface area (Å²) in [5.74, 6) is 1.13. The van der Waals surface area contributed by atoms with Crippen molar-refractivity contribution in [3.05, 3.63) is 54.1 Å². The van der Waals surface area contributed by atoms with E-state index < -0.39 is 0 Å². The van der Waals surface area contributed by atoms with Crippen molar-refractivity contribution in [2.75, 3.05) is 56.2 Å². The Labute approximate surface area is 179 Å². The fourth-order valence-electron chi connectivity index (χ4n) is 4.32. The number of nitrogens with zero attached hydrogens (tertiary/aromatic N) is 3. The molecule has 29 heavy (non-hydrogen) atoms. The lowest BCUT2D eigenvalue weighted by atomic mass is 10.00. The van der Waals surface area contributed by atoms with Crippen LogP contribution in [-0.4, -0.2) is 57.2 Å². The standard InChI is InChI=1S/C23H29N3O2.ClH/c1-28-22-10-5-9-21-20(22)11-12-23(27)26(21)14-6-13-24-15-17-25(18-16-24)19-7-3-2-4-8-19;/h2-5,7-10H,6,11-18H2,1H3;1H. The number of halogens is 1. The molecule has 4 rings (SSSR count). The summed E-state index contributed by atoms with van der Waals surface area (Å²) in [6.45, 7) is 6.09. The first kappa shape index (κ1) is 21.5. The van der Waals surface area contributed by atoms with Gasteiger partial charge in [-0.05, 0) is 43.7 Å². The number of anilines is 2. The highest BCUT2D eigenvalue weighted by molar-refractivity contribution is 5.96. The Morgan fingerprint density at radius 2 is 1.66 bits per heavy atom. The number of ether oxygens (including phenoxy) is 1. The highest BCUT2D eigenvalue weighted by Gasteiger charge is 2.26. The van der Waals surface area contributed by atoms with Crippen LogP contribution in [-0.2, 0) is 11.2 Å². The van der Waals surface area contributed by atoms with Crippen molar-refractivity contribution in [1.82, 2.24) is 4.90 Å². The highest BCUT2D eigenvalue weighted by Crippen LogP contribution is 2.34. The second-order valence-electron chi connectivity index (χ2n) is 7.52. The number of rotatable bonds is 6. The molecule has 156 valence electrons. The van der Waals surface area contributed by atoms with E-state index in [0.717, 1.165) is 63.5 Å². The SMILES string of the molecule is COc1cccc2c1CCC(=O)N2CCCN1CCN(c2ccccc2)CC1.Cl. The highest BCUT2D eigenvalue weighted by atomic mass is 35.5. The van der Waals surface area contributed by atoms with Crippen LogP contribution in [0.4, 0.5) is 11.4 Å². The number of carbonyl (C=O) groups is 1. The third-order valence-corrected chi connectivity index (χ3v) is 5.86. The van der Waals surface area contributed by atoms with Crippen LogP contribution in [0.5, 0.6) is 5.75 Å². The Balaban J connectivity index is 0.00000240. The summed E-state index contributed by atoms with van der Waals surface area (Å²) < 4.78 is 5.49. The van der Waals surface area contributed by atoms with Crippen molar-refractivity contribution in [2.45, 2.75) is 19.3 Å². The van der Waals surface area contributed by atoms with Gasteiger partial charge in [0.25, 0.3) is 0 Å². The number of carbonyl (C=O) groups excluding carboxylic acids is 1. The maximum atomic E-state index is 12.5. The lowest BCUT2D eigenvalue weighted by Gasteiger charge is -2.36. The number of amides is 1. The summed E-state index contributed by atoms with van der Waals surface area (Å²) in [5, 5.41) is 0. The van der Waals surface area contributed by atoms with Gasteiger partial charge < -0.3 is 14.5 Å². The third-order valence-electron chi connectivity index (χ3n) is 5.86.